The Kier molecular flexibility index (Phi) is 5.15. The van der Waals surface area contributed by atoms with Crippen LogP contribution in [-0.4, -0.2) is 58.1 Å². The third kappa shape index (κ3) is 3.65. The van der Waals surface area contributed by atoms with Crippen molar-refractivity contribution in [3.63, 3.8) is 0 Å². The Morgan fingerprint density at radius 2 is 2.04 bits per heavy atom. The number of nitrogens with one attached hydrogen (secondary N) is 2. The minimum Gasteiger partial charge on any atom is -0.340 e. The van der Waals surface area contributed by atoms with Crippen molar-refractivity contribution in [2.24, 2.45) is 5.92 Å². The van der Waals surface area contributed by atoms with Crippen molar-refractivity contribution in [2.75, 3.05) is 26.7 Å². The molecule has 4 rings (SSSR count). The summed E-state index contributed by atoms with van der Waals surface area (Å²) in [6.45, 7) is 4.75. The number of nitrogens with zero attached hydrogens (tertiary/aromatic N) is 4. The summed E-state index contributed by atoms with van der Waals surface area (Å²) in [5.41, 5.74) is 9.09. The Bertz CT molecular complexity index is 865. The molecule has 1 aromatic heterocycles. The number of carbonyl (C=O) groups is 2. The van der Waals surface area contributed by atoms with E-state index in [9.17, 15) is 9.59 Å². The molecule has 2 N–H and O–H groups in total. The summed E-state index contributed by atoms with van der Waals surface area (Å²) >= 11 is 0. The third-order valence-electron chi connectivity index (χ3n) is 5.57. The molecule has 1 saturated heterocycles. The summed E-state index contributed by atoms with van der Waals surface area (Å²) in [6, 6.07) is 12.2. The van der Waals surface area contributed by atoms with E-state index in [0.29, 0.717) is 31.9 Å². The molecule has 2 aliphatic heterocycles. The van der Waals surface area contributed by atoms with Gasteiger partial charge >= 0.3 is 0 Å². The second-order valence-corrected chi connectivity index (χ2v) is 7.54. The molecule has 148 valence electrons. The number of rotatable bonds is 4. The van der Waals surface area contributed by atoms with E-state index in [2.05, 4.69) is 28.1 Å². The number of hydrogen-bond donors (Lipinski definition) is 2. The van der Waals surface area contributed by atoms with Crippen LogP contribution in [0.2, 0.25) is 0 Å². The number of carbonyl (C=O) groups excluding carboxylic acids is 2. The molecule has 1 aromatic carbocycles. The van der Waals surface area contributed by atoms with Crippen molar-refractivity contribution < 1.29 is 9.59 Å². The highest BCUT2D eigenvalue weighted by Crippen LogP contribution is 2.25. The maximum absolute atomic E-state index is 12.9. The molecule has 0 bridgehead atoms. The molecule has 2 amide bonds. The van der Waals surface area contributed by atoms with Gasteiger partial charge in [0, 0.05) is 39.5 Å². The second-order valence-electron chi connectivity index (χ2n) is 7.54. The average Bonchev–Trinajstić information content (AvgIpc) is 3.34. The van der Waals surface area contributed by atoms with Crippen LogP contribution in [0, 0.1) is 5.92 Å². The lowest BCUT2D eigenvalue weighted by Gasteiger charge is -2.26. The van der Waals surface area contributed by atoms with Crippen LogP contribution in [0.5, 0.6) is 0 Å². The first-order valence-corrected chi connectivity index (χ1v) is 9.64. The number of hydrogen-bond acceptors (Lipinski definition) is 5. The summed E-state index contributed by atoms with van der Waals surface area (Å²) in [6.07, 6.45) is 0. The van der Waals surface area contributed by atoms with Crippen LogP contribution in [0.15, 0.2) is 36.4 Å². The number of hydrazine groups is 1. The fourth-order valence-electron chi connectivity index (χ4n) is 3.99. The molecule has 1 fully saturated rings. The zero-order chi connectivity index (χ0) is 19.7. The van der Waals surface area contributed by atoms with Gasteiger partial charge in [0.1, 0.15) is 0 Å². The number of amides is 2. The maximum Gasteiger partial charge on any atom is 0.274 e. The van der Waals surface area contributed by atoms with Crippen LogP contribution in [0.4, 0.5) is 0 Å². The SMILES string of the molecule is CC(=O)N1CCn2nc(C(=O)N(C)CC3CNNC3c3ccccc3)cc2C1. The van der Waals surface area contributed by atoms with E-state index < -0.39 is 0 Å². The van der Waals surface area contributed by atoms with Crippen LogP contribution in [0.3, 0.4) is 0 Å². The molecule has 28 heavy (non-hydrogen) atoms. The fourth-order valence-corrected chi connectivity index (χ4v) is 3.99. The molecule has 3 heterocycles. The van der Waals surface area contributed by atoms with Gasteiger partial charge in [-0.2, -0.15) is 5.10 Å². The highest BCUT2D eigenvalue weighted by atomic mass is 16.2. The van der Waals surface area contributed by atoms with Gasteiger partial charge in [-0.25, -0.2) is 5.43 Å². The van der Waals surface area contributed by atoms with Crippen molar-refractivity contribution in [2.45, 2.75) is 26.1 Å². The first-order chi connectivity index (χ1) is 13.5. The smallest absolute Gasteiger partial charge is 0.274 e. The summed E-state index contributed by atoms with van der Waals surface area (Å²) in [7, 11) is 1.82. The Morgan fingerprint density at radius 1 is 1.25 bits per heavy atom. The quantitative estimate of drug-likeness (QED) is 0.817. The molecular formula is C20H26N6O2. The van der Waals surface area contributed by atoms with Crippen LogP contribution in [0.25, 0.3) is 0 Å². The summed E-state index contributed by atoms with van der Waals surface area (Å²) in [4.78, 5) is 28.1. The van der Waals surface area contributed by atoms with Crippen molar-refractivity contribution in [3.8, 4) is 0 Å². The molecule has 2 aromatic rings. The zero-order valence-electron chi connectivity index (χ0n) is 16.3. The third-order valence-corrected chi connectivity index (χ3v) is 5.57. The Balaban J connectivity index is 1.43. The van der Waals surface area contributed by atoms with Gasteiger partial charge in [-0.15, -0.1) is 0 Å². The maximum atomic E-state index is 12.9. The van der Waals surface area contributed by atoms with Crippen molar-refractivity contribution in [1.29, 1.82) is 0 Å². The minimum atomic E-state index is -0.0880. The molecule has 8 nitrogen and oxygen atoms in total. The van der Waals surface area contributed by atoms with E-state index in [-0.39, 0.29) is 23.8 Å². The van der Waals surface area contributed by atoms with Crippen LogP contribution in [-0.2, 0) is 17.9 Å². The monoisotopic (exact) mass is 382 g/mol. The molecule has 0 spiro atoms. The van der Waals surface area contributed by atoms with Gasteiger partial charge in [-0.05, 0) is 11.6 Å². The van der Waals surface area contributed by atoms with Crippen molar-refractivity contribution in [3.05, 3.63) is 53.3 Å². The number of fused-ring (bicyclic) bond motifs is 1. The van der Waals surface area contributed by atoms with E-state index >= 15 is 0 Å². The largest absolute Gasteiger partial charge is 0.340 e. The predicted molar refractivity (Wildman–Crippen MR) is 104 cm³/mol. The Labute approximate surface area is 164 Å². The molecular weight excluding hydrogens is 356 g/mol. The lowest BCUT2D eigenvalue weighted by Crippen LogP contribution is -2.37. The molecule has 2 atom stereocenters. The van der Waals surface area contributed by atoms with Gasteiger partial charge in [0.2, 0.25) is 5.91 Å². The van der Waals surface area contributed by atoms with E-state index in [1.807, 2.05) is 36.0 Å². The van der Waals surface area contributed by atoms with Gasteiger partial charge in [-0.3, -0.25) is 19.7 Å². The van der Waals surface area contributed by atoms with Gasteiger partial charge in [0.05, 0.1) is 24.8 Å². The topological polar surface area (TPSA) is 82.5 Å². The normalized spacial score (nSPS) is 21.4. The number of benzene rings is 1. The zero-order valence-corrected chi connectivity index (χ0v) is 16.3. The Hall–Kier alpha value is -2.71. The minimum absolute atomic E-state index is 0.0469. The lowest BCUT2D eigenvalue weighted by atomic mass is 9.94. The fraction of sp³-hybridized carbons (Fsp3) is 0.450. The van der Waals surface area contributed by atoms with E-state index in [0.717, 1.165) is 12.2 Å². The van der Waals surface area contributed by atoms with E-state index in [1.165, 1.54) is 5.56 Å². The molecule has 8 heteroatoms. The average molecular weight is 382 g/mol. The van der Waals surface area contributed by atoms with Gasteiger partial charge in [-0.1, -0.05) is 30.3 Å². The second kappa shape index (κ2) is 7.73. The highest BCUT2D eigenvalue weighted by molar-refractivity contribution is 5.92. The molecule has 0 saturated carbocycles. The van der Waals surface area contributed by atoms with Crippen LogP contribution in [0.1, 0.15) is 34.7 Å². The van der Waals surface area contributed by atoms with Crippen molar-refractivity contribution >= 4 is 11.8 Å². The van der Waals surface area contributed by atoms with E-state index in [4.69, 9.17) is 0 Å². The molecule has 2 unspecified atom stereocenters. The lowest BCUT2D eigenvalue weighted by molar-refractivity contribution is -0.130. The van der Waals surface area contributed by atoms with Gasteiger partial charge < -0.3 is 9.80 Å². The van der Waals surface area contributed by atoms with Crippen LogP contribution >= 0.6 is 0 Å². The standard InChI is InChI=1S/C20H26N6O2/c1-14(27)25-8-9-26-17(13-25)10-18(23-26)20(28)24(2)12-16-11-21-22-19(16)15-6-4-3-5-7-15/h3-7,10,16,19,21-22H,8-9,11-13H2,1-2H3. The molecule has 2 aliphatic rings. The summed E-state index contributed by atoms with van der Waals surface area (Å²) in [5.74, 6) is 0.224. The number of aromatic nitrogens is 2. The Morgan fingerprint density at radius 3 is 2.79 bits per heavy atom. The molecule has 0 radical (unpaired) electrons. The summed E-state index contributed by atoms with van der Waals surface area (Å²) < 4.78 is 1.84. The first kappa shape index (κ1) is 18.6. The van der Waals surface area contributed by atoms with Gasteiger partial charge in [0.25, 0.3) is 5.91 Å². The molecule has 0 aliphatic carbocycles. The summed E-state index contributed by atoms with van der Waals surface area (Å²) in [5, 5.41) is 4.47. The van der Waals surface area contributed by atoms with Gasteiger partial charge in [0.15, 0.2) is 5.69 Å². The first-order valence-electron chi connectivity index (χ1n) is 9.64. The van der Waals surface area contributed by atoms with Crippen LogP contribution < -0.4 is 10.9 Å². The highest BCUT2D eigenvalue weighted by Gasteiger charge is 2.31. The predicted octanol–water partition coefficient (Wildman–Crippen LogP) is 0.783. The van der Waals surface area contributed by atoms with E-state index in [1.54, 1.807) is 16.7 Å². The van der Waals surface area contributed by atoms with Crippen molar-refractivity contribution in [1.82, 2.24) is 30.4 Å².